The molecule has 6 heteroatoms. The molecule has 19 heavy (non-hydrogen) atoms. The zero-order valence-electron chi connectivity index (χ0n) is 11.1. The molecule has 1 aromatic heterocycles. The van der Waals surface area contributed by atoms with E-state index in [2.05, 4.69) is 10.3 Å². The molecule has 0 aliphatic heterocycles. The molecule has 0 atom stereocenters. The van der Waals surface area contributed by atoms with Crippen molar-refractivity contribution >= 4 is 5.91 Å². The molecule has 106 valence electrons. The Morgan fingerprint density at radius 2 is 2.00 bits per heavy atom. The van der Waals surface area contributed by atoms with Crippen molar-refractivity contribution in [2.24, 2.45) is 5.92 Å². The molecule has 0 fully saturated rings. The highest BCUT2D eigenvalue weighted by Gasteiger charge is 2.32. The van der Waals surface area contributed by atoms with Gasteiger partial charge in [0.2, 0.25) is 0 Å². The van der Waals surface area contributed by atoms with Gasteiger partial charge in [0.25, 0.3) is 5.91 Å². The van der Waals surface area contributed by atoms with Crippen LogP contribution in [0.15, 0.2) is 12.1 Å². The Labute approximate surface area is 110 Å². The van der Waals surface area contributed by atoms with Crippen LogP contribution in [0.2, 0.25) is 0 Å². The molecular formula is C13H17F3N2O. The van der Waals surface area contributed by atoms with E-state index in [-0.39, 0.29) is 17.2 Å². The Bertz CT molecular complexity index is 456. The summed E-state index contributed by atoms with van der Waals surface area (Å²) in [6, 6.07) is 1.99. The quantitative estimate of drug-likeness (QED) is 0.916. The van der Waals surface area contributed by atoms with Crippen LogP contribution in [0.1, 0.15) is 42.0 Å². The Morgan fingerprint density at radius 3 is 2.47 bits per heavy atom. The molecule has 0 unspecified atom stereocenters. The average molecular weight is 274 g/mol. The third kappa shape index (κ3) is 4.54. The van der Waals surface area contributed by atoms with Gasteiger partial charge in [-0.1, -0.05) is 13.8 Å². The molecule has 1 rings (SSSR count). The smallest absolute Gasteiger partial charge is 0.352 e. The van der Waals surface area contributed by atoms with Gasteiger partial charge < -0.3 is 5.32 Å². The van der Waals surface area contributed by atoms with E-state index in [4.69, 9.17) is 0 Å². The number of rotatable bonds is 4. The predicted molar refractivity (Wildman–Crippen MR) is 65.8 cm³/mol. The van der Waals surface area contributed by atoms with E-state index in [9.17, 15) is 18.0 Å². The molecule has 0 saturated heterocycles. The fourth-order valence-corrected chi connectivity index (χ4v) is 1.53. The highest BCUT2D eigenvalue weighted by molar-refractivity contribution is 5.95. The monoisotopic (exact) mass is 274 g/mol. The summed E-state index contributed by atoms with van der Waals surface area (Å²) >= 11 is 0. The van der Waals surface area contributed by atoms with E-state index in [1.54, 1.807) is 0 Å². The standard InChI is InChI=1S/C13H17F3N2O/c1-8(2)6-7-17-12(19)10-4-5-11(13(14,15)16)18-9(10)3/h4-5,8H,6-7H2,1-3H3,(H,17,19). The van der Waals surface area contributed by atoms with E-state index in [1.807, 2.05) is 13.8 Å². The van der Waals surface area contributed by atoms with Gasteiger partial charge in [-0.2, -0.15) is 13.2 Å². The van der Waals surface area contributed by atoms with Crippen molar-refractivity contribution in [3.63, 3.8) is 0 Å². The summed E-state index contributed by atoms with van der Waals surface area (Å²) in [6.07, 6.45) is -3.67. The summed E-state index contributed by atoms with van der Waals surface area (Å²) in [7, 11) is 0. The highest BCUT2D eigenvalue weighted by atomic mass is 19.4. The fourth-order valence-electron chi connectivity index (χ4n) is 1.53. The summed E-state index contributed by atoms with van der Waals surface area (Å²) in [4.78, 5) is 15.2. The van der Waals surface area contributed by atoms with Gasteiger partial charge in [0.15, 0.2) is 0 Å². The van der Waals surface area contributed by atoms with Gasteiger partial charge in [0, 0.05) is 6.54 Å². The Morgan fingerprint density at radius 1 is 1.37 bits per heavy atom. The minimum absolute atomic E-state index is 0.0804. The second kappa shape index (κ2) is 6.04. The largest absolute Gasteiger partial charge is 0.433 e. The molecular weight excluding hydrogens is 257 g/mol. The number of alkyl halides is 3. The number of aryl methyl sites for hydroxylation is 1. The maximum Gasteiger partial charge on any atom is 0.433 e. The third-order valence-corrected chi connectivity index (χ3v) is 2.63. The van der Waals surface area contributed by atoms with Crippen LogP contribution in [0.3, 0.4) is 0 Å². The maximum atomic E-state index is 12.4. The summed E-state index contributed by atoms with van der Waals surface area (Å²) < 4.78 is 37.3. The van der Waals surface area contributed by atoms with Crippen LogP contribution in [0.5, 0.6) is 0 Å². The molecule has 0 aromatic carbocycles. The van der Waals surface area contributed by atoms with Crippen LogP contribution in [-0.2, 0) is 6.18 Å². The predicted octanol–water partition coefficient (Wildman–Crippen LogP) is 3.18. The lowest BCUT2D eigenvalue weighted by Gasteiger charge is -2.11. The number of carbonyl (C=O) groups is 1. The highest BCUT2D eigenvalue weighted by Crippen LogP contribution is 2.28. The van der Waals surface area contributed by atoms with Gasteiger partial charge in [-0.15, -0.1) is 0 Å². The number of amides is 1. The minimum Gasteiger partial charge on any atom is -0.352 e. The first-order chi connectivity index (χ1) is 8.71. The van der Waals surface area contributed by atoms with E-state index in [0.717, 1.165) is 18.6 Å². The van der Waals surface area contributed by atoms with Crippen LogP contribution in [-0.4, -0.2) is 17.4 Å². The molecule has 3 nitrogen and oxygen atoms in total. The number of nitrogens with one attached hydrogen (secondary N) is 1. The van der Waals surface area contributed by atoms with Gasteiger partial charge in [-0.25, -0.2) is 4.98 Å². The van der Waals surface area contributed by atoms with Crippen LogP contribution < -0.4 is 5.32 Å². The van der Waals surface area contributed by atoms with Crippen molar-refractivity contribution in [2.75, 3.05) is 6.54 Å². The molecule has 1 N–H and O–H groups in total. The number of hydrogen-bond acceptors (Lipinski definition) is 2. The van der Waals surface area contributed by atoms with Crippen molar-refractivity contribution in [3.8, 4) is 0 Å². The van der Waals surface area contributed by atoms with Crippen LogP contribution in [0.25, 0.3) is 0 Å². The fraction of sp³-hybridized carbons (Fsp3) is 0.538. The molecule has 1 heterocycles. The molecule has 0 spiro atoms. The number of carbonyl (C=O) groups excluding carboxylic acids is 1. The lowest BCUT2D eigenvalue weighted by molar-refractivity contribution is -0.141. The van der Waals surface area contributed by atoms with E-state index >= 15 is 0 Å². The molecule has 0 aliphatic carbocycles. The number of pyridine rings is 1. The van der Waals surface area contributed by atoms with Gasteiger partial charge in [-0.3, -0.25) is 4.79 Å². The van der Waals surface area contributed by atoms with Crippen LogP contribution >= 0.6 is 0 Å². The number of nitrogens with zero attached hydrogens (tertiary/aromatic N) is 1. The zero-order valence-corrected chi connectivity index (χ0v) is 11.1. The zero-order chi connectivity index (χ0) is 14.6. The van der Waals surface area contributed by atoms with E-state index in [0.29, 0.717) is 12.5 Å². The number of hydrogen-bond donors (Lipinski definition) is 1. The molecule has 0 bridgehead atoms. The lowest BCUT2D eigenvalue weighted by Crippen LogP contribution is -2.26. The number of halogens is 3. The van der Waals surface area contributed by atoms with E-state index < -0.39 is 11.9 Å². The van der Waals surface area contributed by atoms with Gasteiger partial charge >= 0.3 is 6.18 Å². The molecule has 1 amide bonds. The van der Waals surface area contributed by atoms with Crippen molar-refractivity contribution in [1.29, 1.82) is 0 Å². The second-order valence-corrected chi connectivity index (χ2v) is 4.77. The average Bonchev–Trinajstić information content (AvgIpc) is 2.26. The van der Waals surface area contributed by atoms with Crippen molar-refractivity contribution in [2.45, 2.75) is 33.4 Å². The molecule has 0 saturated carbocycles. The summed E-state index contributed by atoms with van der Waals surface area (Å²) in [6.45, 7) is 5.94. The first-order valence-electron chi connectivity index (χ1n) is 6.05. The van der Waals surface area contributed by atoms with Crippen molar-refractivity contribution < 1.29 is 18.0 Å². The Hall–Kier alpha value is -1.59. The van der Waals surface area contributed by atoms with Crippen molar-refractivity contribution in [3.05, 3.63) is 29.1 Å². The third-order valence-electron chi connectivity index (χ3n) is 2.63. The normalized spacial score (nSPS) is 11.7. The van der Waals surface area contributed by atoms with Crippen molar-refractivity contribution in [1.82, 2.24) is 10.3 Å². The summed E-state index contributed by atoms with van der Waals surface area (Å²) in [5.41, 5.74) is -0.725. The summed E-state index contributed by atoms with van der Waals surface area (Å²) in [5.74, 6) is 0.0616. The molecule has 0 radical (unpaired) electrons. The van der Waals surface area contributed by atoms with E-state index in [1.165, 1.54) is 6.92 Å². The Balaban J connectivity index is 2.77. The maximum absolute atomic E-state index is 12.4. The topological polar surface area (TPSA) is 42.0 Å². The summed E-state index contributed by atoms with van der Waals surface area (Å²) in [5, 5.41) is 2.67. The Kier molecular flexibility index (Phi) is 4.91. The molecule has 0 aliphatic rings. The molecule has 1 aromatic rings. The van der Waals surface area contributed by atoms with Crippen LogP contribution in [0.4, 0.5) is 13.2 Å². The van der Waals surface area contributed by atoms with Crippen LogP contribution in [0, 0.1) is 12.8 Å². The lowest BCUT2D eigenvalue weighted by atomic mass is 10.1. The van der Waals surface area contributed by atoms with Gasteiger partial charge in [0.05, 0.1) is 11.3 Å². The van der Waals surface area contributed by atoms with Gasteiger partial charge in [-0.05, 0) is 31.4 Å². The SMILES string of the molecule is Cc1nc(C(F)(F)F)ccc1C(=O)NCCC(C)C. The second-order valence-electron chi connectivity index (χ2n) is 4.77. The minimum atomic E-state index is -4.49. The van der Waals surface area contributed by atoms with Gasteiger partial charge in [0.1, 0.15) is 5.69 Å². The first kappa shape index (κ1) is 15.5. The first-order valence-corrected chi connectivity index (χ1v) is 6.05. The number of aromatic nitrogens is 1.